The summed E-state index contributed by atoms with van der Waals surface area (Å²) in [5.41, 5.74) is 5.50. The van der Waals surface area contributed by atoms with E-state index in [4.69, 9.17) is 4.74 Å². The third kappa shape index (κ3) is 8.59. The minimum Gasteiger partial charge on any atom is -0.494 e. The first kappa shape index (κ1) is 20.8. The Morgan fingerprint density at radius 1 is 0.630 bits per heavy atom. The van der Waals surface area contributed by atoms with E-state index in [1.165, 1.54) is 41.5 Å². The van der Waals surface area contributed by atoms with Crippen LogP contribution in [0.1, 0.15) is 42.0 Å². The van der Waals surface area contributed by atoms with Crippen molar-refractivity contribution >= 4 is 0 Å². The second-order valence-electron chi connectivity index (χ2n) is 6.99. The van der Waals surface area contributed by atoms with Crippen LogP contribution in [0.3, 0.4) is 0 Å². The van der Waals surface area contributed by atoms with Crippen LogP contribution in [-0.4, -0.2) is 6.61 Å². The van der Waals surface area contributed by atoms with Crippen LogP contribution in [0.25, 0.3) is 0 Å². The van der Waals surface area contributed by atoms with Crippen molar-refractivity contribution in [2.24, 2.45) is 0 Å². The molecule has 0 aliphatic rings. The highest BCUT2D eigenvalue weighted by molar-refractivity contribution is 5.26. The fourth-order valence-corrected chi connectivity index (χ4v) is 2.75. The second kappa shape index (κ2) is 12.0. The predicted molar refractivity (Wildman–Crippen MR) is 117 cm³/mol. The average Bonchev–Trinajstić information content (AvgIpc) is 2.70. The fraction of sp³-hybridized carbons (Fsp3) is 0.308. The van der Waals surface area contributed by atoms with Crippen LogP contribution in [-0.2, 0) is 12.8 Å². The Hall–Kier alpha value is -2.54. The lowest BCUT2D eigenvalue weighted by molar-refractivity contribution is 0.317. The molecule has 0 saturated carbocycles. The highest BCUT2D eigenvalue weighted by Crippen LogP contribution is 2.11. The summed E-state index contributed by atoms with van der Waals surface area (Å²) < 4.78 is 5.41. The number of hydrogen-bond acceptors (Lipinski definition) is 1. The minimum absolute atomic E-state index is 0.809. The Morgan fingerprint density at radius 3 is 1.70 bits per heavy atom. The van der Waals surface area contributed by atoms with E-state index in [2.05, 4.69) is 87.5 Å². The maximum atomic E-state index is 5.41. The van der Waals surface area contributed by atoms with E-state index in [9.17, 15) is 0 Å². The molecule has 142 valence electrons. The molecule has 1 nitrogen and oxygen atoms in total. The van der Waals surface area contributed by atoms with Gasteiger partial charge in [-0.15, -0.1) is 0 Å². The van der Waals surface area contributed by atoms with Gasteiger partial charge in [-0.2, -0.15) is 0 Å². The van der Waals surface area contributed by atoms with Crippen molar-refractivity contribution in [2.75, 3.05) is 6.61 Å². The lowest BCUT2D eigenvalue weighted by Crippen LogP contribution is -1.94. The average molecular weight is 361 g/mol. The molecule has 0 heterocycles. The molecule has 3 aromatic rings. The van der Waals surface area contributed by atoms with Gasteiger partial charge in [0.1, 0.15) is 5.75 Å². The van der Waals surface area contributed by atoms with Crippen LogP contribution < -0.4 is 4.74 Å². The normalized spacial score (nSPS) is 10.0. The standard InChI is InChI=1S/C16H18.C10H14O/c1-14-10-12-16(13-11-14)9-5-8-15-6-3-2-4-7-15;1-3-8-11-10-6-4-9(2)5-7-10/h2-4,6-7,10-13H,5,8-9H2,1H3;4-7H,3,8H2,1-2H3. The molecule has 0 bridgehead atoms. The van der Waals surface area contributed by atoms with Crippen LogP contribution >= 0.6 is 0 Å². The first-order valence-electron chi connectivity index (χ1n) is 9.96. The Kier molecular flexibility index (Phi) is 9.20. The summed E-state index contributed by atoms with van der Waals surface area (Å²) in [6, 6.07) is 27.7. The minimum atomic E-state index is 0.809. The summed E-state index contributed by atoms with van der Waals surface area (Å²) >= 11 is 0. The van der Waals surface area contributed by atoms with E-state index >= 15 is 0 Å². The molecule has 1 heteroatoms. The monoisotopic (exact) mass is 360 g/mol. The highest BCUT2D eigenvalue weighted by atomic mass is 16.5. The number of aryl methyl sites for hydroxylation is 4. The smallest absolute Gasteiger partial charge is 0.119 e. The predicted octanol–water partition coefficient (Wildman–Crippen LogP) is 6.95. The summed E-state index contributed by atoms with van der Waals surface area (Å²) in [4.78, 5) is 0. The summed E-state index contributed by atoms with van der Waals surface area (Å²) in [7, 11) is 0. The first-order chi connectivity index (χ1) is 13.2. The first-order valence-corrected chi connectivity index (χ1v) is 9.96. The molecule has 0 atom stereocenters. The van der Waals surface area contributed by atoms with E-state index in [0.717, 1.165) is 18.8 Å². The molecule has 0 spiro atoms. The van der Waals surface area contributed by atoms with Crippen molar-refractivity contribution in [3.63, 3.8) is 0 Å². The third-order valence-corrected chi connectivity index (χ3v) is 4.39. The van der Waals surface area contributed by atoms with E-state index in [1.807, 2.05) is 12.1 Å². The molecule has 27 heavy (non-hydrogen) atoms. The van der Waals surface area contributed by atoms with Crippen molar-refractivity contribution < 1.29 is 4.74 Å². The molecule has 0 N–H and O–H groups in total. The second-order valence-corrected chi connectivity index (χ2v) is 6.99. The Bertz CT molecular complexity index is 742. The van der Waals surface area contributed by atoms with Gasteiger partial charge in [-0.1, -0.05) is 84.8 Å². The summed E-state index contributed by atoms with van der Waals surface area (Å²) in [6.07, 6.45) is 4.64. The molecular weight excluding hydrogens is 328 g/mol. The largest absolute Gasteiger partial charge is 0.494 e. The zero-order chi connectivity index (χ0) is 19.3. The SMILES string of the molecule is CCCOc1ccc(C)cc1.Cc1ccc(CCCc2ccccc2)cc1. The topological polar surface area (TPSA) is 9.23 Å². The molecule has 3 rings (SSSR count). The zero-order valence-electron chi connectivity index (χ0n) is 16.9. The molecule has 0 amide bonds. The Balaban J connectivity index is 0.000000208. The van der Waals surface area contributed by atoms with Crippen molar-refractivity contribution in [3.8, 4) is 5.75 Å². The molecule has 0 unspecified atom stereocenters. The molecular formula is C26H32O. The van der Waals surface area contributed by atoms with Crippen molar-refractivity contribution in [3.05, 3.63) is 101 Å². The lowest BCUT2D eigenvalue weighted by atomic mass is 10.0. The van der Waals surface area contributed by atoms with Gasteiger partial charge in [-0.25, -0.2) is 0 Å². The van der Waals surface area contributed by atoms with Gasteiger partial charge in [0, 0.05) is 0 Å². The van der Waals surface area contributed by atoms with Gasteiger partial charge in [0.15, 0.2) is 0 Å². The molecule has 0 aliphatic carbocycles. The summed E-state index contributed by atoms with van der Waals surface area (Å²) in [5.74, 6) is 0.970. The van der Waals surface area contributed by atoms with E-state index < -0.39 is 0 Å². The third-order valence-electron chi connectivity index (χ3n) is 4.39. The van der Waals surface area contributed by atoms with Gasteiger partial charge in [-0.3, -0.25) is 0 Å². The zero-order valence-corrected chi connectivity index (χ0v) is 16.9. The van der Waals surface area contributed by atoms with Crippen LogP contribution in [0.15, 0.2) is 78.9 Å². The van der Waals surface area contributed by atoms with Gasteiger partial charge < -0.3 is 4.74 Å². The molecule has 3 aromatic carbocycles. The fourth-order valence-electron chi connectivity index (χ4n) is 2.75. The number of rotatable bonds is 7. The van der Waals surface area contributed by atoms with Gasteiger partial charge >= 0.3 is 0 Å². The Labute approximate surface area is 165 Å². The van der Waals surface area contributed by atoms with Gasteiger partial charge in [0.05, 0.1) is 6.61 Å². The molecule has 0 fully saturated rings. The highest BCUT2D eigenvalue weighted by Gasteiger charge is 1.95. The maximum absolute atomic E-state index is 5.41. The number of hydrogen-bond donors (Lipinski definition) is 0. The summed E-state index contributed by atoms with van der Waals surface area (Å²) in [5, 5.41) is 0. The number of benzene rings is 3. The maximum Gasteiger partial charge on any atom is 0.119 e. The van der Waals surface area contributed by atoms with Crippen molar-refractivity contribution in [1.29, 1.82) is 0 Å². The van der Waals surface area contributed by atoms with Crippen LogP contribution in [0.4, 0.5) is 0 Å². The van der Waals surface area contributed by atoms with Gasteiger partial charge in [0.25, 0.3) is 0 Å². The molecule has 0 radical (unpaired) electrons. The van der Waals surface area contributed by atoms with E-state index in [-0.39, 0.29) is 0 Å². The lowest BCUT2D eigenvalue weighted by Gasteiger charge is -2.03. The van der Waals surface area contributed by atoms with Gasteiger partial charge in [0.2, 0.25) is 0 Å². The van der Waals surface area contributed by atoms with Crippen LogP contribution in [0.2, 0.25) is 0 Å². The van der Waals surface area contributed by atoms with Crippen molar-refractivity contribution in [1.82, 2.24) is 0 Å². The molecule has 0 aromatic heterocycles. The van der Waals surface area contributed by atoms with Gasteiger partial charge in [-0.05, 0) is 62.8 Å². The molecule has 0 aliphatic heterocycles. The quantitative estimate of drug-likeness (QED) is 0.443. The summed E-state index contributed by atoms with van der Waals surface area (Å²) in [6.45, 7) is 7.12. The van der Waals surface area contributed by atoms with Crippen LogP contribution in [0, 0.1) is 13.8 Å². The molecule has 0 saturated heterocycles. The van der Waals surface area contributed by atoms with Crippen molar-refractivity contribution in [2.45, 2.75) is 46.5 Å². The van der Waals surface area contributed by atoms with E-state index in [1.54, 1.807) is 0 Å². The Morgan fingerprint density at radius 2 is 1.15 bits per heavy atom. The van der Waals surface area contributed by atoms with E-state index in [0.29, 0.717) is 0 Å². The van der Waals surface area contributed by atoms with Crippen LogP contribution in [0.5, 0.6) is 5.75 Å². The number of ether oxygens (including phenoxy) is 1.